The summed E-state index contributed by atoms with van der Waals surface area (Å²) in [5, 5.41) is 0.882. The monoisotopic (exact) mass is 551 g/mol. The summed E-state index contributed by atoms with van der Waals surface area (Å²) >= 11 is 0. The van der Waals surface area contributed by atoms with E-state index in [9.17, 15) is 79.4 Å². The van der Waals surface area contributed by atoms with Gasteiger partial charge in [0.1, 0.15) is 0 Å². The first-order valence-electron chi connectivity index (χ1n) is 8.04. The molecule has 0 fully saturated rings. The molecule has 2 atom stereocenters. The highest BCUT2D eigenvalue weighted by Crippen LogP contribution is 2.56. The van der Waals surface area contributed by atoms with E-state index in [-0.39, 0.29) is 12.8 Å². The number of carbonyl (C=O) groups is 1. The number of hydrogen-bond donors (Lipinski definition) is 1. The van der Waals surface area contributed by atoms with Crippen LogP contribution in [0.5, 0.6) is 0 Å². The molecule has 0 rings (SSSR count). The molecule has 1 amide bonds. The molecule has 0 aromatic carbocycles. The average Bonchev–Trinajstić information content (AvgIpc) is 2.57. The molecule has 0 aliphatic rings. The first kappa shape index (κ1) is 32.2. The summed E-state index contributed by atoms with van der Waals surface area (Å²) in [6, 6.07) is 0. The quantitative estimate of drug-likeness (QED) is 0.277. The van der Waals surface area contributed by atoms with Crippen LogP contribution in [0.3, 0.4) is 0 Å². The SMILES string of the molecule is CCCCNC(=O)[C@@](F)(OC(F)(F)[C@](F)(OC(F)(F)C(F)(F)C(F)(F)F)C(F)(F)F)C(F)(F)F. The lowest BCUT2D eigenvalue weighted by Crippen LogP contribution is -2.68. The maximum absolute atomic E-state index is 14.0. The molecule has 0 saturated heterocycles. The smallest absolute Gasteiger partial charge is 0.351 e. The van der Waals surface area contributed by atoms with Crippen LogP contribution < -0.4 is 5.32 Å². The third-order valence-corrected chi connectivity index (χ3v) is 3.47. The Hall–Kier alpha value is -1.80. The number of unbranched alkanes of at least 4 members (excludes halogenated alkanes) is 1. The number of halogens is 17. The minimum atomic E-state index is -8.01. The first-order valence-corrected chi connectivity index (χ1v) is 8.04. The molecule has 34 heavy (non-hydrogen) atoms. The van der Waals surface area contributed by atoms with Crippen molar-refractivity contribution in [1.29, 1.82) is 0 Å². The van der Waals surface area contributed by atoms with Gasteiger partial charge in [0, 0.05) is 6.54 Å². The molecule has 0 unspecified atom stereocenters. The minimum absolute atomic E-state index is 0.0284. The number of carbonyl (C=O) groups excluding carboxylic acids is 1. The summed E-state index contributed by atoms with van der Waals surface area (Å²) in [5.74, 6) is -25.9. The summed E-state index contributed by atoms with van der Waals surface area (Å²) in [6.07, 6.45) is -38.6. The summed E-state index contributed by atoms with van der Waals surface area (Å²) in [6.45, 7) is 0.316. The fourth-order valence-corrected chi connectivity index (χ4v) is 1.66. The minimum Gasteiger partial charge on any atom is -0.351 e. The molecule has 0 aliphatic carbocycles. The lowest BCUT2D eigenvalue weighted by atomic mass is 10.2. The third kappa shape index (κ3) is 5.88. The molecule has 0 aliphatic heterocycles. The second-order valence-corrected chi connectivity index (χ2v) is 6.11. The van der Waals surface area contributed by atoms with E-state index in [1.165, 1.54) is 11.7 Å². The Labute approximate surface area is 176 Å². The Morgan fingerprint density at radius 2 is 1.09 bits per heavy atom. The van der Waals surface area contributed by atoms with E-state index in [0.717, 1.165) is 5.32 Å². The van der Waals surface area contributed by atoms with Crippen molar-refractivity contribution >= 4 is 5.91 Å². The highest BCUT2D eigenvalue weighted by atomic mass is 19.4. The molecule has 0 saturated carbocycles. The zero-order chi connectivity index (χ0) is 27.8. The predicted molar refractivity (Wildman–Crippen MR) is 70.8 cm³/mol. The molecule has 4 nitrogen and oxygen atoms in total. The standard InChI is InChI=1S/C13H10F17NO3/c1-2-3-4-31-5(32)6(14,9(18,19)20)33-13(29,30)8(17,11(24,25)26)34-12(27,28)7(15,16)10(21,22)23/h2-4H2,1H3,(H,31,32)/t6-,8-/m1/s1. The van der Waals surface area contributed by atoms with Crippen molar-refractivity contribution in [2.24, 2.45) is 0 Å². The van der Waals surface area contributed by atoms with Crippen LogP contribution in [-0.4, -0.2) is 60.8 Å². The normalized spacial score (nSPS) is 18.3. The molecule has 0 spiro atoms. The second-order valence-electron chi connectivity index (χ2n) is 6.11. The van der Waals surface area contributed by atoms with Crippen LogP contribution >= 0.6 is 0 Å². The summed E-state index contributed by atoms with van der Waals surface area (Å²) < 4.78 is 223. The third-order valence-electron chi connectivity index (χ3n) is 3.47. The Kier molecular flexibility index (Phi) is 8.84. The molecule has 0 aromatic rings. The highest BCUT2D eigenvalue weighted by Gasteiger charge is 2.85. The maximum Gasteiger partial charge on any atom is 0.462 e. The van der Waals surface area contributed by atoms with Gasteiger partial charge in [-0.3, -0.25) is 14.3 Å². The Bertz CT molecular complexity index is 715. The van der Waals surface area contributed by atoms with Crippen molar-refractivity contribution in [3.8, 4) is 0 Å². The van der Waals surface area contributed by atoms with Crippen LogP contribution in [-0.2, 0) is 14.3 Å². The molecule has 1 N–H and O–H groups in total. The van der Waals surface area contributed by atoms with Gasteiger partial charge in [0.05, 0.1) is 0 Å². The van der Waals surface area contributed by atoms with Crippen LogP contribution in [0, 0.1) is 0 Å². The number of ether oxygens (including phenoxy) is 2. The van der Waals surface area contributed by atoms with Crippen molar-refractivity contribution in [1.82, 2.24) is 5.32 Å². The van der Waals surface area contributed by atoms with Gasteiger partial charge in [-0.05, 0) is 6.42 Å². The lowest BCUT2D eigenvalue weighted by Gasteiger charge is -2.40. The van der Waals surface area contributed by atoms with Gasteiger partial charge in [-0.2, -0.15) is 74.6 Å². The zero-order valence-corrected chi connectivity index (χ0v) is 15.8. The summed E-state index contributed by atoms with van der Waals surface area (Å²) in [4.78, 5) is 11.3. The van der Waals surface area contributed by atoms with E-state index >= 15 is 0 Å². The van der Waals surface area contributed by atoms with Crippen molar-refractivity contribution in [3.05, 3.63) is 0 Å². The fourth-order valence-electron chi connectivity index (χ4n) is 1.66. The van der Waals surface area contributed by atoms with E-state index in [1.807, 2.05) is 4.74 Å². The summed E-state index contributed by atoms with van der Waals surface area (Å²) in [7, 11) is 0. The topological polar surface area (TPSA) is 47.6 Å². The number of hydrogen-bond acceptors (Lipinski definition) is 3. The van der Waals surface area contributed by atoms with Crippen LogP contribution in [0.4, 0.5) is 74.6 Å². The Morgan fingerprint density at radius 1 is 0.647 bits per heavy atom. The van der Waals surface area contributed by atoms with Crippen LogP contribution in [0.1, 0.15) is 19.8 Å². The molecule has 21 heteroatoms. The van der Waals surface area contributed by atoms with Crippen LogP contribution in [0.2, 0.25) is 0 Å². The van der Waals surface area contributed by atoms with E-state index in [4.69, 9.17) is 0 Å². The van der Waals surface area contributed by atoms with Gasteiger partial charge in [-0.1, -0.05) is 13.3 Å². The van der Waals surface area contributed by atoms with Gasteiger partial charge >= 0.3 is 48.4 Å². The number of rotatable bonds is 10. The van der Waals surface area contributed by atoms with Crippen molar-refractivity contribution in [2.75, 3.05) is 6.54 Å². The van der Waals surface area contributed by atoms with Crippen molar-refractivity contribution in [2.45, 2.75) is 68.1 Å². The largest absolute Gasteiger partial charge is 0.462 e. The molecule has 0 heterocycles. The van der Waals surface area contributed by atoms with E-state index < -0.39 is 60.8 Å². The molecule has 0 aromatic heterocycles. The predicted octanol–water partition coefficient (Wildman–Crippen LogP) is 5.78. The van der Waals surface area contributed by atoms with Gasteiger partial charge < -0.3 is 5.32 Å². The number of alkyl halides is 17. The van der Waals surface area contributed by atoms with E-state index in [0.29, 0.717) is 0 Å². The zero-order valence-electron chi connectivity index (χ0n) is 15.8. The van der Waals surface area contributed by atoms with Crippen LogP contribution in [0.15, 0.2) is 0 Å². The lowest BCUT2D eigenvalue weighted by molar-refractivity contribution is -0.548. The maximum atomic E-state index is 14.0. The fraction of sp³-hybridized carbons (Fsp3) is 0.923. The molecular formula is C13H10F17NO3. The van der Waals surface area contributed by atoms with Gasteiger partial charge in [-0.25, -0.2) is 0 Å². The Morgan fingerprint density at radius 3 is 1.41 bits per heavy atom. The highest BCUT2D eigenvalue weighted by molar-refractivity contribution is 5.84. The first-order chi connectivity index (χ1) is 14.6. The Balaban J connectivity index is 6.61. The molecule has 0 radical (unpaired) electrons. The molecular weight excluding hydrogens is 541 g/mol. The number of amides is 1. The van der Waals surface area contributed by atoms with Gasteiger partial charge in [0.25, 0.3) is 5.91 Å². The summed E-state index contributed by atoms with van der Waals surface area (Å²) in [5.41, 5.74) is 0. The molecule has 204 valence electrons. The van der Waals surface area contributed by atoms with E-state index in [1.54, 1.807) is 0 Å². The van der Waals surface area contributed by atoms with Gasteiger partial charge in [0.2, 0.25) is 0 Å². The van der Waals surface area contributed by atoms with E-state index in [2.05, 4.69) is 0 Å². The van der Waals surface area contributed by atoms with Gasteiger partial charge in [-0.15, -0.1) is 0 Å². The van der Waals surface area contributed by atoms with Crippen molar-refractivity contribution < 1.29 is 88.9 Å². The van der Waals surface area contributed by atoms with Crippen LogP contribution in [0.25, 0.3) is 0 Å². The van der Waals surface area contributed by atoms with Crippen molar-refractivity contribution in [3.63, 3.8) is 0 Å². The molecule has 0 bridgehead atoms. The van der Waals surface area contributed by atoms with Gasteiger partial charge in [0.15, 0.2) is 0 Å². The number of nitrogens with one attached hydrogen (secondary N) is 1. The average molecular weight is 551 g/mol. The second kappa shape index (κ2) is 9.34.